The molecular formula is C16H17BrN4O2S. The van der Waals surface area contributed by atoms with Gasteiger partial charge in [0, 0.05) is 36.9 Å². The van der Waals surface area contributed by atoms with Crippen LogP contribution in [0.2, 0.25) is 0 Å². The molecule has 8 heteroatoms. The number of nitrogens with zero attached hydrogens (tertiary/aromatic N) is 4. The van der Waals surface area contributed by atoms with Crippen LogP contribution in [-0.2, 0) is 18.3 Å². The van der Waals surface area contributed by atoms with E-state index in [1.807, 2.05) is 35.9 Å². The largest absolute Gasteiger partial charge is 0.383 e. The fraction of sp³-hybridized carbons (Fsp3) is 0.312. The van der Waals surface area contributed by atoms with Crippen LogP contribution in [0.3, 0.4) is 0 Å². The fourth-order valence-electron chi connectivity index (χ4n) is 2.49. The molecule has 0 radical (unpaired) electrons. The molecule has 0 aliphatic carbocycles. The summed E-state index contributed by atoms with van der Waals surface area (Å²) in [5.74, 6) is -0.329. The van der Waals surface area contributed by atoms with E-state index in [1.165, 1.54) is 11.3 Å². The molecule has 126 valence electrons. The number of halogens is 1. The number of carbonyl (C=O) groups is 1. The normalized spacial score (nSPS) is 12.2. The number of aryl methyl sites for hydroxylation is 2. The zero-order chi connectivity index (χ0) is 17.3. The Hall–Kier alpha value is -1.77. The molecule has 0 unspecified atom stereocenters. The van der Waals surface area contributed by atoms with Crippen molar-refractivity contribution in [2.45, 2.75) is 13.5 Å². The zero-order valence-electron chi connectivity index (χ0n) is 13.6. The second kappa shape index (κ2) is 7.00. The van der Waals surface area contributed by atoms with Crippen molar-refractivity contribution in [2.24, 2.45) is 12.0 Å². The van der Waals surface area contributed by atoms with Gasteiger partial charge < -0.3 is 9.30 Å². The third kappa shape index (κ3) is 3.35. The summed E-state index contributed by atoms with van der Waals surface area (Å²) in [5, 5.41) is 4.20. The molecule has 0 aliphatic heterocycles. The summed E-state index contributed by atoms with van der Waals surface area (Å²) in [6, 6.07) is 6.02. The van der Waals surface area contributed by atoms with Gasteiger partial charge in [-0.25, -0.2) is 0 Å². The number of carbonyl (C=O) groups excluding carboxylic acids is 1. The van der Waals surface area contributed by atoms with Crippen LogP contribution in [0, 0.1) is 6.92 Å². The zero-order valence-corrected chi connectivity index (χ0v) is 16.0. The van der Waals surface area contributed by atoms with Crippen LogP contribution in [0.4, 0.5) is 0 Å². The van der Waals surface area contributed by atoms with E-state index in [2.05, 4.69) is 26.0 Å². The van der Waals surface area contributed by atoms with Crippen LogP contribution in [0.15, 0.2) is 33.9 Å². The maximum atomic E-state index is 12.5. The van der Waals surface area contributed by atoms with Crippen LogP contribution >= 0.6 is 27.3 Å². The summed E-state index contributed by atoms with van der Waals surface area (Å²) in [5.41, 5.74) is 2.23. The van der Waals surface area contributed by atoms with Crippen molar-refractivity contribution in [3.05, 3.63) is 44.9 Å². The predicted octanol–water partition coefficient (Wildman–Crippen LogP) is 2.89. The summed E-state index contributed by atoms with van der Waals surface area (Å²) < 4.78 is 10.9. The van der Waals surface area contributed by atoms with Crippen LogP contribution in [0.5, 0.6) is 0 Å². The Balaban J connectivity index is 2.13. The quantitative estimate of drug-likeness (QED) is 0.666. The lowest BCUT2D eigenvalue weighted by atomic mass is 10.3. The summed E-state index contributed by atoms with van der Waals surface area (Å²) in [6.45, 7) is 3.04. The van der Waals surface area contributed by atoms with E-state index < -0.39 is 0 Å². The molecule has 0 saturated heterocycles. The van der Waals surface area contributed by atoms with Crippen molar-refractivity contribution in [1.29, 1.82) is 0 Å². The average Bonchev–Trinajstić information content (AvgIpc) is 3.04. The van der Waals surface area contributed by atoms with Gasteiger partial charge in [-0.05, 0) is 25.1 Å². The molecule has 0 fully saturated rings. The maximum Gasteiger partial charge on any atom is 0.300 e. The molecular weight excluding hydrogens is 392 g/mol. The molecule has 0 atom stereocenters. The molecule has 1 amide bonds. The number of fused-ring (bicyclic) bond motifs is 1. The van der Waals surface area contributed by atoms with Crippen molar-refractivity contribution in [3.8, 4) is 0 Å². The van der Waals surface area contributed by atoms with E-state index >= 15 is 0 Å². The molecule has 1 aromatic carbocycles. The van der Waals surface area contributed by atoms with Crippen molar-refractivity contribution in [1.82, 2.24) is 14.3 Å². The maximum absolute atomic E-state index is 12.5. The van der Waals surface area contributed by atoms with Crippen LogP contribution in [0.25, 0.3) is 10.2 Å². The number of rotatable bonds is 4. The summed E-state index contributed by atoms with van der Waals surface area (Å²) in [4.78, 5) is 17.5. The van der Waals surface area contributed by atoms with Crippen LogP contribution < -0.4 is 4.80 Å². The van der Waals surface area contributed by atoms with Gasteiger partial charge in [0.15, 0.2) is 10.5 Å². The second-order valence-electron chi connectivity index (χ2n) is 5.39. The van der Waals surface area contributed by atoms with Crippen molar-refractivity contribution in [3.63, 3.8) is 0 Å². The molecule has 24 heavy (non-hydrogen) atoms. The Morgan fingerprint density at radius 3 is 2.92 bits per heavy atom. The number of aromatic nitrogens is 3. The monoisotopic (exact) mass is 408 g/mol. The number of ether oxygens (including phenoxy) is 1. The van der Waals surface area contributed by atoms with Gasteiger partial charge in [-0.2, -0.15) is 10.1 Å². The SMILES string of the molecule is COCCn1c(=NC(=O)c2nn(C)cc2C)sc2cc(Br)ccc21. The van der Waals surface area contributed by atoms with Crippen LogP contribution in [-0.4, -0.2) is 34.0 Å². The number of hydrogen-bond donors (Lipinski definition) is 0. The van der Waals surface area contributed by atoms with E-state index in [0.29, 0.717) is 23.6 Å². The molecule has 0 spiro atoms. The number of methoxy groups -OCH3 is 1. The minimum absolute atomic E-state index is 0.329. The number of benzene rings is 1. The minimum Gasteiger partial charge on any atom is -0.383 e. The van der Waals surface area contributed by atoms with E-state index in [0.717, 1.165) is 20.3 Å². The average molecular weight is 409 g/mol. The van der Waals surface area contributed by atoms with E-state index in [-0.39, 0.29) is 5.91 Å². The Bertz CT molecular complexity index is 970. The molecule has 3 aromatic rings. The third-order valence-corrected chi connectivity index (χ3v) is 5.11. The standard InChI is InChI=1S/C16H17BrN4O2S/c1-10-9-20(2)19-14(10)15(22)18-16-21(6-7-23-3)12-5-4-11(17)8-13(12)24-16/h4-5,8-9H,6-7H2,1-3H3. The first-order chi connectivity index (χ1) is 11.5. The molecule has 2 heterocycles. The van der Waals surface area contributed by atoms with Crippen molar-refractivity contribution < 1.29 is 9.53 Å². The molecule has 3 rings (SSSR count). The van der Waals surface area contributed by atoms with Gasteiger partial charge in [0.2, 0.25) is 0 Å². The summed E-state index contributed by atoms with van der Waals surface area (Å²) in [6.07, 6.45) is 1.81. The highest BCUT2D eigenvalue weighted by Crippen LogP contribution is 2.22. The van der Waals surface area contributed by atoms with E-state index in [4.69, 9.17) is 4.74 Å². The number of hydrogen-bond acceptors (Lipinski definition) is 4. The third-order valence-electron chi connectivity index (χ3n) is 3.58. The van der Waals surface area contributed by atoms with Gasteiger partial charge in [0.1, 0.15) is 0 Å². The van der Waals surface area contributed by atoms with Gasteiger partial charge in [-0.15, -0.1) is 0 Å². The lowest BCUT2D eigenvalue weighted by Crippen LogP contribution is -2.19. The van der Waals surface area contributed by atoms with Gasteiger partial charge >= 0.3 is 0 Å². The summed E-state index contributed by atoms with van der Waals surface area (Å²) in [7, 11) is 3.45. The van der Waals surface area contributed by atoms with Gasteiger partial charge in [-0.1, -0.05) is 27.3 Å². The predicted molar refractivity (Wildman–Crippen MR) is 97.2 cm³/mol. The highest BCUT2D eigenvalue weighted by molar-refractivity contribution is 9.10. The molecule has 0 N–H and O–H groups in total. The van der Waals surface area contributed by atoms with Gasteiger partial charge in [-0.3, -0.25) is 9.48 Å². The smallest absolute Gasteiger partial charge is 0.300 e. The van der Waals surface area contributed by atoms with E-state index in [9.17, 15) is 4.79 Å². The first-order valence-electron chi connectivity index (χ1n) is 7.36. The number of thiazole rings is 1. The van der Waals surface area contributed by atoms with Crippen LogP contribution in [0.1, 0.15) is 16.1 Å². The molecule has 0 aliphatic rings. The Kier molecular flexibility index (Phi) is 4.98. The Morgan fingerprint density at radius 2 is 2.25 bits per heavy atom. The van der Waals surface area contributed by atoms with Crippen molar-refractivity contribution >= 4 is 43.4 Å². The summed E-state index contributed by atoms with van der Waals surface area (Å²) >= 11 is 4.96. The lowest BCUT2D eigenvalue weighted by Gasteiger charge is -2.04. The minimum atomic E-state index is -0.329. The second-order valence-corrected chi connectivity index (χ2v) is 7.32. The highest BCUT2D eigenvalue weighted by atomic mass is 79.9. The molecule has 0 bridgehead atoms. The molecule has 0 saturated carbocycles. The lowest BCUT2D eigenvalue weighted by molar-refractivity contribution is 0.0991. The molecule has 2 aromatic heterocycles. The van der Waals surface area contributed by atoms with E-state index in [1.54, 1.807) is 18.8 Å². The number of amides is 1. The van der Waals surface area contributed by atoms with Crippen molar-refractivity contribution in [2.75, 3.05) is 13.7 Å². The first kappa shape index (κ1) is 17.1. The fourth-order valence-corrected chi connectivity index (χ4v) is 4.10. The topological polar surface area (TPSA) is 61.4 Å². The Morgan fingerprint density at radius 1 is 1.46 bits per heavy atom. The van der Waals surface area contributed by atoms with Gasteiger partial charge in [0.05, 0.1) is 16.8 Å². The first-order valence-corrected chi connectivity index (χ1v) is 8.97. The highest BCUT2D eigenvalue weighted by Gasteiger charge is 2.14. The Labute approximate surface area is 151 Å². The molecule has 6 nitrogen and oxygen atoms in total. The van der Waals surface area contributed by atoms with Gasteiger partial charge in [0.25, 0.3) is 5.91 Å².